The first-order chi connectivity index (χ1) is 17.2. The summed E-state index contributed by atoms with van der Waals surface area (Å²) in [6, 6.07) is 17.1. The van der Waals surface area contributed by atoms with Crippen molar-refractivity contribution < 1.29 is 19.1 Å². The number of carbonyl (C=O) groups excluding carboxylic acids is 2. The van der Waals surface area contributed by atoms with Crippen LogP contribution < -0.4 is 10.2 Å². The van der Waals surface area contributed by atoms with Crippen LogP contribution in [0.1, 0.15) is 5.56 Å². The number of morpholine rings is 1. The van der Waals surface area contributed by atoms with Gasteiger partial charge in [-0.25, -0.2) is 5.43 Å². The van der Waals surface area contributed by atoms with Gasteiger partial charge in [0.05, 0.1) is 19.4 Å². The number of ether oxygens (including phenoxy) is 2. The zero-order valence-corrected chi connectivity index (χ0v) is 19.1. The number of para-hydroxylation sites is 2. The predicted molar refractivity (Wildman–Crippen MR) is 132 cm³/mol. The van der Waals surface area contributed by atoms with E-state index in [9.17, 15) is 9.59 Å². The number of amides is 2. The van der Waals surface area contributed by atoms with E-state index in [1.165, 1.54) is 0 Å². The average molecular weight is 472 g/mol. The van der Waals surface area contributed by atoms with Gasteiger partial charge in [-0.2, -0.15) is 5.10 Å². The summed E-state index contributed by atoms with van der Waals surface area (Å²) in [7, 11) is 0. The van der Waals surface area contributed by atoms with Gasteiger partial charge in [-0.1, -0.05) is 36.4 Å². The van der Waals surface area contributed by atoms with E-state index in [2.05, 4.69) is 15.5 Å². The fourth-order valence-corrected chi connectivity index (χ4v) is 4.11. The highest BCUT2D eigenvalue weighted by atomic mass is 16.5. The number of carbonyl (C=O) groups is 2. The quantitative estimate of drug-likeness (QED) is 0.330. The maximum absolute atomic E-state index is 12.7. The second-order valence-corrected chi connectivity index (χ2v) is 8.14. The summed E-state index contributed by atoms with van der Waals surface area (Å²) in [5.74, 6) is 0.196. The van der Waals surface area contributed by atoms with Crippen molar-refractivity contribution in [2.24, 2.45) is 5.10 Å². The maximum atomic E-state index is 12.7. The number of benzene rings is 2. The van der Waals surface area contributed by atoms with Crippen molar-refractivity contribution in [3.05, 3.63) is 72.6 Å². The summed E-state index contributed by atoms with van der Waals surface area (Å²) >= 11 is 0. The van der Waals surface area contributed by atoms with E-state index in [-0.39, 0.29) is 25.0 Å². The van der Waals surface area contributed by atoms with Crippen molar-refractivity contribution in [1.29, 1.82) is 0 Å². The molecule has 0 spiro atoms. The Bertz CT molecular complexity index is 1390. The molecule has 1 aliphatic rings. The standard InChI is InChI=1S/C26H25N5O4/c32-24(18-35-23-9-3-5-19-6-4-10-27-26(19)23)29-28-15-20-16-31(22-8-2-1-7-21(20)22)17-25(33)30-11-13-34-14-12-30/h1-10,15-16H,11-14,17-18H2,(H,29,32)/b28-15-. The molecule has 1 saturated heterocycles. The van der Waals surface area contributed by atoms with Gasteiger partial charge in [0.15, 0.2) is 6.61 Å². The Labute approximate surface area is 201 Å². The number of nitrogens with one attached hydrogen (secondary N) is 1. The van der Waals surface area contributed by atoms with Gasteiger partial charge in [-0.3, -0.25) is 14.6 Å². The minimum Gasteiger partial charge on any atom is -0.481 e. The molecule has 35 heavy (non-hydrogen) atoms. The Kier molecular flexibility index (Phi) is 6.67. The van der Waals surface area contributed by atoms with Gasteiger partial charge in [0, 0.05) is 47.3 Å². The number of hydrogen-bond acceptors (Lipinski definition) is 6. The van der Waals surface area contributed by atoms with Crippen LogP contribution in [0.4, 0.5) is 0 Å². The molecule has 3 heterocycles. The number of pyridine rings is 1. The maximum Gasteiger partial charge on any atom is 0.277 e. The molecule has 0 aliphatic carbocycles. The van der Waals surface area contributed by atoms with Gasteiger partial charge in [0.25, 0.3) is 5.91 Å². The van der Waals surface area contributed by atoms with Gasteiger partial charge >= 0.3 is 0 Å². The summed E-state index contributed by atoms with van der Waals surface area (Å²) in [4.78, 5) is 31.2. The van der Waals surface area contributed by atoms with Gasteiger partial charge in [-0.15, -0.1) is 0 Å². The third-order valence-electron chi connectivity index (χ3n) is 5.84. The minimum atomic E-state index is -0.389. The zero-order valence-electron chi connectivity index (χ0n) is 19.1. The van der Waals surface area contributed by atoms with E-state index in [4.69, 9.17) is 9.47 Å². The Morgan fingerprint density at radius 3 is 2.80 bits per heavy atom. The molecule has 1 aliphatic heterocycles. The number of fused-ring (bicyclic) bond motifs is 2. The molecule has 0 atom stereocenters. The first-order valence-electron chi connectivity index (χ1n) is 11.4. The number of rotatable bonds is 7. The Morgan fingerprint density at radius 1 is 1.09 bits per heavy atom. The van der Waals surface area contributed by atoms with E-state index in [0.717, 1.165) is 21.9 Å². The molecule has 4 aromatic rings. The molecular formula is C26H25N5O4. The van der Waals surface area contributed by atoms with Crippen LogP contribution in [-0.2, 0) is 20.9 Å². The summed E-state index contributed by atoms with van der Waals surface area (Å²) in [6.45, 7) is 2.38. The molecule has 9 nitrogen and oxygen atoms in total. The normalized spacial score (nSPS) is 14.0. The lowest BCUT2D eigenvalue weighted by Gasteiger charge is -2.27. The van der Waals surface area contributed by atoms with Gasteiger partial charge in [0.2, 0.25) is 5.91 Å². The Balaban J connectivity index is 1.23. The summed E-state index contributed by atoms with van der Waals surface area (Å²) < 4.78 is 12.9. The minimum absolute atomic E-state index is 0.0471. The van der Waals surface area contributed by atoms with E-state index in [0.29, 0.717) is 37.6 Å². The van der Waals surface area contributed by atoms with Crippen LogP contribution in [0.2, 0.25) is 0 Å². The topological polar surface area (TPSA) is 98.0 Å². The summed E-state index contributed by atoms with van der Waals surface area (Å²) in [6.07, 6.45) is 5.14. The van der Waals surface area contributed by atoms with Crippen LogP contribution >= 0.6 is 0 Å². The van der Waals surface area contributed by atoms with Crippen LogP contribution in [-0.4, -0.2) is 65.4 Å². The average Bonchev–Trinajstić information content (AvgIpc) is 3.25. The molecule has 0 bridgehead atoms. The molecule has 1 fully saturated rings. The van der Waals surface area contributed by atoms with Crippen molar-refractivity contribution in [2.75, 3.05) is 32.9 Å². The number of hydrazone groups is 1. The second kappa shape index (κ2) is 10.4. The molecule has 9 heteroatoms. The monoisotopic (exact) mass is 471 g/mol. The fourth-order valence-electron chi connectivity index (χ4n) is 4.11. The van der Waals surface area contributed by atoms with Gasteiger partial charge in [-0.05, 0) is 18.2 Å². The molecule has 2 amide bonds. The third-order valence-corrected chi connectivity index (χ3v) is 5.84. The van der Waals surface area contributed by atoms with E-state index < -0.39 is 0 Å². The zero-order chi connectivity index (χ0) is 24.0. The largest absolute Gasteiger partial charge is 0.481 e. The lowest BCUT2D eigenvalue weighted by atomic mass is 10.2. The van der Waals surface area contributed by atoms with E-state index in [1.54, 1.807) is 18.5 Å². The summed E-state index contributed by atoms with van der Waals surface area (Å²) in [5, 5.41) is 5.98. The lowest BCUT2D eigenvalue weighted by Crippen LogP contribution is -2.42. The van der Waals surface area contributed by atoms with Crippen molar-refractivity contribution in [3.8, 4) is 5.75 Å². The molecule has 2 aromatic carbocycles. The van der Waals surface area contributed by atoms with Gasteiger partial charge in [0.1, 0.15) is 17.8 Å². The number of hydrogen-bond donors (Lipinski definition) is 1. The molecular weight excluding hydrogens is 446 g/mol. The van der Waals surface area contributed by atoms with E-state index >= 15 is 0 Å². The van der Waals surface area contributed by atoms with E-state index in [1.807, 2.05) is 64.2 Å². The molecule has 0 unspecified atom stereocenters. The number of aromatic nitrogens is 2. The predicted octanol–water partition coefficient (Wildman–Crippen LogP) is 2.58. The van der Waals surface area contributed by atoms with Crippen molar-refractivity contribution in [2.45, 2.75) is 6.54 Å². The Morgan fingerprint density at radius 2 is 1.91 bits per heavy atom. The van der Waals surface area contributed by atoms with Gasteiger partial charge < -0.3 is 18.9 Å². The lowest BCUT2D eigenvalue weighted by molar-refractivity contribution is -0.135. The molecule has 0 radical (unpaired) electrons. The summed E-state index contributed by atoms with van der Waals surface area (Å²) in [5.41, 5.74) is 4.93. The third kappa shape index (κ3) is 5.15. The van der Waals surface area contributed by atoms with Crippen LogP contribution in [0.3, 0.4) is 0 Å². The number of nitrogens with zero attached hydrogens (tertiary/aromatic N) is 4. The van der Waals surface area contributed by atoms with Crippen molar-refractivity contribution >= 4 is 39.8 Å². The molecule has 178 valence electrons. The highest BCUT2D eigenvalue weighted by Crippen LogP contribution is 2.23. The SMILES string of the molecule is O=C(COc1cccc2cccnc12)N/N=C\c1cn(CC(=O)N2CCOCC2)c2ccccc12. The van der Waals surface area contributed by atoms with Crippen LogP contribution in [0.5, 0.6) is 5.75 Å². The Hall–Kier alpha value is -4.24. The van der Waals surface area contributed by atoms with Crippen molar-refractivity contribution in [3.63, 3.8) is 0 Å². The molecule has 1 N–H and O–H groups in total. The molecule has 2 aromatic heterocycles. The van der Waals surface area contributed by atoms with Crippen LogP contribution in [0.15, 0.2) is 72.1 Å². The van der Waals surface area contributed by atoms with Crippen LogP contribution in [0, 0.1) is 0 Å². The first kappa shape index (κ1) is 22.5. The first-order valence-corrected chi connectivity index (χ1v) is 11.4. The highest BCUT2D eigenvalue weighted by molar-refractivity contribution is 6.00. The molecule has 5 rings (SSSR count). The van der Waals surface area contributed by atoms with Crippen molar-refractivity contribution in [1.82, 2.24) is 19.9 Å². The fraction of sp³-hybridized carbons (Fsp3) is 0.231. The molecule has 0 saturated carbocycles. The smallest absolute Gasteiger partial charge is 0.277 e. The second-order valence-electron chi connectivity index (χ2n) is 8.14. The van der Waals surface area contributed by atoms with Crippen LogP contribution in [0.25, 0.3) is 21.8 Å². The highest BCUT2D eigenvalue weighted by Gasteiger charge is 2.18.